The molecular formula is C48H62O10S. The van der Waals surface area contributed by atoms with Gasteiger partial charge < -0.3 is 28.4 Å². The number of fused-ring (bicyclic) bond motifs is 4. The first-order chi connectivity index (χ1) is 28.6. The number of hydrogen-bond acceptors (Lipinski definition) is 10. The van der Waals surface area contributed by atoms with Crippen molar-refractivity contribution in [2.45, 2.75) is 156 Å². The third-order valence-corrected chi connectivity index (χ3v) is 11.6. The van der Waals surface area contributed by atoms with Crippen LogP contribution in [0.1, 0.15) is 127 Å². The molecular weight excluding hydrogens is 769 g/mol. The van der Waals surface area contributed by atoms with Crippen LogP contribution in [0.5, 0.6) is 34.5 Å². The second-order valence-electron chi connectivity index (χ2n) is 15.7. The Labute approximate surface area is 351 Å². The molecule has 59 heavy (non-hydrogen) atoms. The van der Waals surface area contributed by atoms with Crippen molar-refractivity contribution >= 4 is 10.4 Å². The lowest BCUT2D eigenvalue weighted by Gasteiger charge is -2.22. The van der Waals surface area contributed by atoms with Crippen LogP contribution >= 0.6 is 0 Å². The summed E-state index contributed by atoms with van der Waals surface area (Å²) in [6.45, 7) is 6.16. The van der Waals surface area contributed by atoms with Gasteiger partial charge in [0.1, 0.15) is 34.5 Å². The molecule has 2 aliphatic carbocycles. The van der Waals surface area contributed by atoms with Gasteiger partial charge in [-0.1, -0.05) is 75.6 Å². The molecule has 4 aromatic carbocycles. The molecule has 4 atom stereocenters. The van der Waals surface area contributed by atoms with Crippen molar-refractivity contribution in [2.75, 3.05) is 0 Å². The van der Waals surface area contributed by atoms with Crippen LogP contribution in [0.15, 0.2) is 84.9 Å². The average molecular weight is 831 g/mol. The molecule has 4 unspecified atom stereocenters. The summed E-state index contributed by atoms with van der Waals surface area (Å²) in [6.07, 6.45) is 15.2. The molecule has 0 aliphatic heterocycles. The Morgan fingerprint density at radius 1 is 0.407 bits per heavy atom. The summed E-state index contributed by atoms with van der Waals surface area (Å²) in [6, 6.07) is 27.5. The third-order valence-electron chi connectivity index (χ3n) is 10.6. The first-order valence-corrected chi connectivity index (χ1v) is 23.0. The number of rotatable bonds is 16. The van der Waals surface area contributed by atoms with E-state index in [4.69, 9.17) is 36.8 Å². The Hall–Kier alpha value is -4.13. The van der Waals surface area contributed by atoms with E-state index in [9.17, 15) is 8.42 Å². The summed E-state index contributed by atoms with van der Waals surface area (Å²) in [5.74, 6) is 4.19. The van der Waals surface area contributed by atoms with Gasteiger partial charge in [-0.05, 0) is 162 Å². The Morgan fingerprint density at radius 2 is 0.746 bits per heavy atom. The predicted molar refractivity (Wildman–Crippen MR) is 228 cm³/mol. The topological polar surface area (TPSA) is 108 Å². The van der Waals surface area contributed by atoms with Gasteiger partial charge in [0.05, 0.1) is 0 Å². The van der Waals surface area contributed by atoms with Crippen molar-refractivity contribution in [1.29, 1.82) is 0 Å². The van der Waals surface area contributed by atoms with Crippen LogP contribution in [-0.4, -0.2) is 33.6 Å². The fourth-order valence-corrected chi connectivity index (χ4v) is 8.47. The van der Waals surface area contributed by atoms with E-state index in [-0.39, 0.29) is 0 Å². The molecule has 10 nitrogen and oxygen atoms in total. The molecule has 0 saturated carbocycles. The van der Waals surface area contributed by atoms with Crippen molar-refractivity contribution < 1.29 is 45.2 Å². The van der Waals surface area contributed by atoms with E-state index in [1.165, 1.54) is 100 Å². The second-order valence-corrected chi connectivity index (χ2v) is 16.9. The zero-order valence-electron chi connectivity index (χ0n) is 35.2. The molecule has 4 aromatic rings. The second kappa shape index (κ2) is 22.5. The predicted octanol–water partition coefficient (Wildman–Crippen LogP) is 12.3. The molecule has 0 fully saturated rings. The van der Waals surface area contributed by atoms with E-state index >= 15 is 0 Å². The summed E-state index contributed by atoms with van der Waals surface area (Å²) in [5, 5.41) is 0. The van der Waals surface area contributed by atoms with Crippen molar-refractivity contribution in [3.05, 3.63) is 107 Å². The largest absolute Gasteiger partial charge is 0.465 e. The van der Waals surface area contributed by atoms with Crippen LogP contribution in [0, 0.1) is 0 Å². The first kappa shape index (κ1) is 44.4. The third kappa shape index (κ3) is 15.1. The van der Waals surface area contributed by atoms with Gasteiger partial charge in [0.15, 0.2) is 25.2 Å². The standard InChI is InChI=1S/C48H62O10S/c1-35(53-43-23-27-45(28-24-43)55-47-31-21-39-17-13-9-5-7-11-15-19-41(47)33-39)51-37(3)57-59(49,50)58-38(4)52-36(2)54-44-25-29-46(30-26-44)56-48-32-22-40-18-14-10-6-8-12-16-20-42(48)34-40/h21-38H,5-20H2,1-4H3. The molecule has 0 spiro atoms. The van der Waals surface area contributed by atoms with E-state index in [2.05, 4.69) is 36.4 Å². The molecule has 0 N–H and O–H groups in total. The van der Waals surface area contributed by atoms with Gasteiger partial charge >= 0.3 is 10.4 Å². The summed E-state index contributed by atoms with van der Waals surface area (Å²) in [4.78, 5) is 0. The summed E-state index contributed by atoms with van der Waals surface area (Å²) < 4.78 is 71.1. The van der Waals surface area contributed by atoms with Gasteiger partial charge in [0.25, 0.3) is 0 Å². The maximum atomic E-state index is 12.7. The number of hydrogen-bond donors (Lipinski definition) is 0. The lowest BCUT2D eigenvalue weighted by atomic mass is 10.0. The van der Waals surface area contributed by atoms with Gasteiger partial charge in [-0.3, -0.25) is 0 Å². The smallest absolute Gasteiger partial charge is 0.404 e. The van der Waals surface area contributed by atoms with Crippen molar-refractivity contribution in [3.8, 4) is 34.5 Å². The summed E-state index contributed by atoms with van der Waals surface area (Å²) in [7, 11) is -4.51. The Balaban J connectivity index is 0.912. The normalized spacial score (nSPS) is 17.6. The molecule has 320 valence electrons. The van der Waals surface area contributed by atoms with Crippen molar-refractivity contribution in [1.82, 2.24) is 0 Å². The van der Waals surface area contributed by atoms with E-state index in [0.717, 1.165) is 50.0 Å². The summed E-state index contributed by atoms with van der Waals surface area (Å²) >= 11 is 0. The maximum absolute atomic E-state index is 12.7. The monoisotopic (exact) mass is 830 g/mol. The Kier molecular flexibility index (Phi) is 16.9. The number of aryl methyl sites for hydroxylation is 4. The van der Waals surface area contributed by atoms with Crippen molar-refractivity contribution in [2.24, 2.45) is 0 Å². The van der Waals surface area contributed by atoms with Gasteiger partial charge in [0, 0.05) is 0 Å². The fraction of sp³-hybridized carbons (Fsp3) is 0.500. The van der Waals surface area contributed by atoms with Gasteiger partial charge in [-0.15, -0.1) is 0 Å². The van der Waals surface area contributed by atoms with Crippen LogP contribution < -0.4 is 18.9 Å². The number of benzene rings is 4. The van der Waals surface area contributed by atoms with Crippen LogP contribution in [0.3, 0.4) is 0 Å². The van der Waals surface area contributed by atoms with Gasteiger partial charge in [0.2, 0.25) is 0 Å². The van der Waals surface area contributed by atoms with E-state index in [1.54, 1.807) is 38.1 Å². The summed E-state index contributed by atoms with van der Waals surface area (Å²) in [5.41, 5.74) is 5.22. The zero-order valence-corrected chi connectivity index (χ0v) is 36.0. The first-order valence-electron chi connectivity index (χ1n) is 21.6. The van der Waals surface area contributed by atoms with Crippen LogP contribution in [0.4, 0.5) is 0 Å². The average Bonchev–Trinajstić information content (AvgIpc) is 3.26. The minimum absolute atomic E-state index is 0.522. The van der Waals surface area contributed by atoms with E-state index in [1.807, 2.05) is 24.3 Å². The Bertz CT molecular complexity index is 1850. The SMILES string of the molecule is CC(Oc1ccc(Oc2ccc3cc2CCCCCCCC3)cc1)OC(C)OS(=O)(=O)OC(C)OC(C)Oc1ccc(Oc2ccc3cc2CCCCCCCC3)cc1. The molecule has 0 heterocycles. The maximum Gasteiger partial charge on any atom is 0.404 e. The molecule has 0 radical (unpaired) electrons. The zero-order chi connectivity index (χ0) is 41.5. The highest BCUT2D eigenvalue weighted by Crippen LogP contribution is 2.32. The molecule has 11 heteroatoms. The van der Waals surface area contributed by atoms with Crippen LogP contribution in [0.2, 0.25) is 0 Å². The lowest BCUT2D eigenvalue weighted by molar-refractivity contribution is -0.186. The Morgan fingerprint density at radius 3 is 1.14 bits per heavy atom. The van der Waals surface area contributed by atoms with E-state index in [0.29, 0.717) is 23.0 Å². The molecule has 4 bridgehead atoms. The van der Waals surface area contributed by atoms with Crippen LogP contribution in [0.25, 0.3) is 0 Å². The molecule has 0 aromatic heterocycles. The molecule has 2 aliphatic rings. The highest BCUT2D eigenvalue weighted by molar-refractivity contribution is 7.81. The minimum Gasteiger partial charge on any atom is -0.465 e. The fourth-order valence-electron chi connectivity index (χ4n) is 7.67. The van der Waals surface area contributed by atoms with Crippen LogP contribution in [-0.2, 0) is 53.9 Å². The highest BCUT2D eigenvalue weighted by Gasteiger charge is 2.25. The highest BCUT2D eigenvalue weighted by atomic mass is 32.3. The van der Waals surface area contributed by atoms with Crippen molar-refractivity contribution in [3.63, 3.8) is 0 Å². The lowest BCUT2D eigenvalue weighted by Crippen LogP contribution is -2.31. The van der Waals surface area contributed by atoms with E-state index < -0.39 is 35.6 Å². The van der Waals surface area contributed by atoms with Gasteiger partial charge in [-0.25, -0.2) is 8.37 Å². The minimum atomic E-state index is -4.51. The molecule has 6 rings (SSSR count). The number of ether oxygens (including phenoxy) is 6. The quantitative estimate of drug-likeness (QED) is 0.101. The molecule has 0 saturated heterocycles. The van der Waals surface area contributed by atoms with Gasteiger partial charge in [-0.2, -0.15) is 8.42 Å². The molecule has 0 amide bonds.